The number of nitrogens with zero attached hydrogens (tertiary/aromatic N) is 6. The van der Waals surface area contributed by atoms with E-state index in [2.05, 4.69) is 32.1 Å². The van der Waals surface area contributed by atoms with Gasteiger partial charge < -0.3 is 14.5 Å². The molecule has 0 radical (unpaired) electrons. The van der Waals surface area contributed by atoms with Crippen LogP contribution in [0.5, 0.6) is 0 Å². The zero-order valence-electron chi connectivity index (χ0n) is 19.7. The van der Waals surface area contributed by atoms with Crippen LogP contribution in [0.3, 0.4) is 0 Å². The summed E-state index contributed by atoms with van der Waals surface area (Å²) < 4.78 is 6.53. The van der Waals surface area contributed by atoms with Crippen molar-refractivity contribution < 1.29 is 14.3 Å². The molecule has 0 atom stereocenters. The van der Waals surface area contributed by atoms with Crippen LogP contribution in [0.15, 0.2) is 60.9 Å². The van der Waals surface area contributed by atoms with E-state index in [-0.39, 0.29) is 5.91 Å². The fourth-order valence-electron chi connectivity index (χ4n) is 4.47. The number of aromatic nitrogens is 4. The number of carbonyl (C=O) groups excluding carboxylic acids is 2. The second-order valence-corrected chi connectivity index (χ2v) is 8.48. The molecule has 5 rings (SSSR count). The second kappa shape index (κ2) is 9.54. The van der Waals surface area contributed by atoms with Crippen molar-refractivity contribution in [3.63, 3.8) is 0 Å². The van der Waals surface area contributed by atoms with E-state index >= 15 is 0 Å². The average Bonchev–Trinajstić information content (AvgIpc) is 3.37. The minimum absolute atomic E-state index is 0.0533. The van der Waals surface area contributed by atoms with Gasteiger partial charge in [0.25, 0.3) is 11.7 Å². The molecule has 9 nitrogen and oxygen atoms in total. The van der Waals surface area contributed by atoms with E-state index in [0.717, 1.165) is 23.5 Å². The largest absolute Gasteiger partial charge is 0.465 e. The van der Waals surface area contributed by atoms with Crippen molar-refractivity contribution >= 4 is 23.5 Å². The smallest absolute Gasteiger partial charge is 0.337 e. The molecular formula is C26H26N6O3. The van der Waals surface area contributed by atoms with Gasteiger partial charge in [-0.05, 0) is 36.8 Å². The van der Waals surface area contributed by atoms with E-state index in [9.17, 15) is 9.59 Å². The van der Waals surface area contributed by atoms with Crippen LogP contribution in [0.2, 0.25) is 0 Å². The number of piperazine rings is 1. The Balaban J connectivity index is 1.37. The number of amides is 1. The quantitative estimate of drug-likeness (QED) is 0.414. The van der Waals surface area contributed by atoms with Gasteiger partial charge in [-0.2, -0.15) is 14.6 Å². The van der Waals surface area contributed by atoms with Crippen LogP contribution in [-0.4, -0.2) is 69.6 Å². The van der Waals surface area contributed by atoms with Crippen molar-refractivity contribution in [2.24, 2.45) is 0 Å². The molecule has 9 heteroatoms. The molecular weight excluding hydrogens is 444 g/mol. The molecule has 2 aromatic heterocycles. The van der Waals surface area contributed by atoms with Gasteiger partial charge in [0.15, 0.2) is 0 Å². The van der Waals surface area contributed by atoms with Crippen molar-refractivity contribution in [3.8, 4) is 0 Å². The summed E-state index contributed by atoms with van der Waals surface area (Å²) in [6.07, 6.45) is 2.26. The van der Waals surface area contributed by atoms with E-state index in [4.69, 9.17) is 4.74 Å². The number of rotatable bonds is 5. The number of carbonyl (C=O) groups is 2. The number of benzene rings is 2. The van der Waals surface area contributed by atoms with Gasteiger partial charge in [-0.3, -0.25) is 4.79 Å². The maximum absolute atomic E-state index is 13.1. The summed E-state index contributed by atoms with van der Waals surface area (Å²) in [5.74, 6) is 1.07. The molecule has 0 bridgehead atoms. The van der Waals surface area contributed by atoms with Gasteiger partial charge in [-0.25, -0.2) is 9.78 Å². The Kier molecular flexibility index (Phi) is 6.13. The van der Waals surface area contributed by atoms with Crippen molar-refractivity contribution in [3.05, 3.63) is 88.9 Å². The fraction of sp³-hybridized carbons (Fsp3) is 0.269. The predicted octanol–water partition coefficient (Wildman–Crippen LogP) is 2.77. The number of anilines is 1. The third-order valence-corrected chi connectivity index (χ3v) is 6.35. The Hall–Kier alpha value is -4.27. The van der Waals surface area contributed by atoms with Gasteiger partial charge >= 0.3 is 5.97 Å². The first-order valence-corrected chi connectivity index (χ1v) is 11.5. The van der Waals surface area contributed by atoms with Gasteiger partial charge in [0.2, 0.25) is 0 Å². The molecule has 1 aliphatic rings. The SMILES string of the molecule is COC(=O)c1ccc(C(=O)N2CCN(c3c(Cc4ccccc4)c(C)nc4ncnn34)CC2)cc1. The summed E-state index contributed by atoms with van der Waals surface area (Å²) in [6.45, 7) is 4.46. The monoisotopic (exact) mass is 470 g/mol. The molecule has 0 unspecified atom stereocenters. The second-order valence-electron chi connectivity index (χ2n) is 8.48. The standard InChI is InChI=1S/C26H26N6O3/c1-18-22(16-19-6-4-3-5-7-19)23(32-26(29-18)27-17-28-32)30-12-14-31(15-13-30)24(33)20-8-10-21(11-9-20)25(34)35-2/h3-11,17H,12-16H2,1-2H3. The number of methoxy groups -OCH3 is 1. The van der Waals surface area contributed by atoms with Crippen LogP contribution in [0.25, 0.3) is 5.78 Å². The Labute approximate surface area is 203 Å². The number of hydrogen-bond acceptors (Lipinski definition) is 7. The van der Waals surface area contributed by atoms with E-state index in [1.54, 1.807) is 28.8 Å². The van der Waals surface area contributed by atoms with Crippen molar-refractivity contribution in [1.29, 1.82) is 0 Å². The Bertz CT molecular complexity index is 1360. The fourth-order valence-corrected chi connectivity index (χ4v) is 4.47. The molecule has 1 aliphatic heterocycles. The van der Waals surface area contributed by atoms with E-state index in [1.807, 2.05) is 30.0 Å². The molecule has 0 N–H and O–H groups in total. The third-order valence-electron chi connectivity index (χ3n) is 6.35. The van der Waals surface area contributed by atoms with Crippen LogP contribution in [-0.2, 0) is 11.2 Å². The maximum atomic E-state index is 13.1. The lowest BCUT2D eigenvalue weighted by Crippen LogP contribution is -2.49. The van der Waals surface area contributed by atoms with Gasteiger partial charge in [-0.1, -0.05) is 30.3 Å². The minimum Gasteiger partial charge on any atom is -0.465 e. The number of fused-ring (bicyclic) bond motifs is 1. The molecule has 2 aromatic carbocycles. The maximum Gasteiger partial charge on any atom is 0.337 e. The van der Waals surface area contributed by atoms with Gasteiger partial charge in [0.05, 0.1) is 12.7 Å². The van der Waals surface area contributed by atoms with E-state index in [1.165, 1.54) is 19.0 Å². The van der Waals surface area contributed by atoms with Crippen LogP contribution < -0.4 is 4.90 Å². The normalized spacial score (nSPS) is 13.8. The van der Waals surface area contributed by atoms with E-state index < -0.39 is 5.97 Å². The highest BCUT2D eigenvalue weighted by Gasteiger charge is 2.27. The summed E-state index contributed by atoms with van der Waals surface area (Å²) in [6, 6.07) is 16.9. The first-order chi connectivity index (χ1) is 17.0. The molecule has 178 valence electrons. The molecule has 4 aromatic rings. The third kappa shape index (κ3) is 4.44. The molecule has 1 saturated heterocycles. The topological polar surface area (TPSA) is 92.9 Å². The lowest BCUT2D eigenvalue weighted by atomic mass is 10.0. The molecule has 1 amide bonds. The van der Waals surface area contributed by atoms with Crippen LogP contribution in [0, 0.1) is 6.92 Å². The first-order valence-electron chi connectivity index (χ1n) is 11.5. The number of ether oxygens (including phenoxy) is 1. The molecule has 0 spiro atoms. The van der Waals surface area contributed by atoms with Gasteiger partial charge in [0.1, 0.15) is 12.1 Å². The molecule has 0 aliphatic carbocycles. The minimum atomic E-state index is -0.420. The van der Waals surface area contributed by atoms with Gasteiger partial charge in [0, 0.05) is 49.4 Å². The van der Waals surface area contributed by atoms with E-state index in [0.29, 0.717) is 43.1 Å². The van der Waals surface area contributed by atoms with Crippen LogP contribution in [0.1, 0.15) is 37.5 Å². The zero-order chi connectivity index (χ0) is 24.4. The Morgan fingerprint density at radius 1 is 0.943 bits per heavy atom. The summed E-state index contributed by atoms with van der Waals surface area (Å²) in [5, 5.41) is 4.45. The molecule has 1 fully saturated rings. The first kappa shape index (κ1) is 22.5. The summed E-state index contributed by atoms with van der Waals surface area (Å²) in [4.78, 5) is 37.8. The highest BCUT2D eigenvalue weighted by molar-refractivity contribution is 5.96. The number of esters is 1. The summed E-state index contributed by atoms with van der Waals surface area (Å²) in [5.41, 5.74) is 4.20. The van der Waals surface area contributed by atoms with Crippen molar-refractivity contribution in [2.75, 3.05) is 38.2 Å². The van der Waals surface area contributed by atoms with Gasteiger partial charge in [-0.15, -0.1) is 0 Å². The Morgan fingerprint density at radius 2 is 1.63 bits per heavy atom. The molecule has 3 heterocycles. The predicted molar refractivity (Wildman–Crippen MR) is 131 cm³/mol. The van der Waals surface area contributed by atoms with Crippen molar-refractivity contribution in [2.45, 2.75) is 13.3 Å². The zero-order valence-corrected chi connectivity index (χ0v) is 19.7. The lowest BCUT2D eigenvalue weighted by Gasteiger charge is -2.37. The highest BCUT2D eigenvalue weighted by Crippen LogP contribution is 2.27. The van der Waals surface area contributed by atoms with Crippen molar-refractivity contribution in [1.82, 2.24) is 24.5 Å². The highest BCUT2D eigenvalue weighted by atomic mass is 16.5. The molecule has 35 heavy (non-hydrogen) atoms. The summed E-state index contributed by atoms with van der Waals surface area (Å²) >= 11 is 0. The Morgan fingerprint density at radius 3 is 2.31 bits per heavy atom. The van der Waals surface area contributed by atoms with Crippen LogP contribution >= 0.6 is 0 Å². The molecule has 0 saturated carbocycles. The summed E-state index contributed by atoms with van der Waals surface area (Å²) in [7, 11) is 1.34. The lowest BCUT2D eigenvalue weighted by molar-refractivity contribution is 0.0599. The van der Waals surface area contributed by atoms with Crippen LogP contribution in [0.4, 0.5) is 5.82 Å². The number of aryl methyl sites for hydroxylation is 1. The number of hydrogen-bond donors (Lipinski definition) is 0. The average molecular weight is 471 g/mol.